The molecule has 0 spiro atoms. The highest BCUT2D eigenvalue weighted by Crippen LogP contribution is 2.20. The van der Waals surface area contributed by atoms with Crippen LogP contribution in [0.1, 0.15) is 31.2 Å². The van der Waals surface area contributed by atoms with Gasteiger partial charge in [-0.25, -0.2) is 4.98 Å². The number of aromatic nitrogens is 1. The largest absolute Gasteiger partial charge is 0.381 e. The minimum atomic E-state index is 0.733. The van der Waals surface area contributed by atoms with Crippen molar-refractivity contribution in [2.45, 2.75) is 38.3 Å². The van der Waals surface area contributed by atoms with Crippen LogP contribution in [0.15, 0.2) is 18.3 Å². The molecule has 0 amide bonds. The van der Waals surface area contributed by atoms with E-state index in [1.165, 1.54) is 44.3 Å². The number of hydrogen-bond donors (Lipinski definition) is 0. The topological polar surface area (TPSA) is 31.8 Å². The molecule has 0 atom stereocenters. The normalized spacial score (nSPS) is 24.6. The second-order valence-electron chi connectivity index (χ2n) is 7.37. The molecule has 0 bridgehead atoms. The summed E-state index contributed by atoms with van der Waals surface area (Å²) in [6, 6.07) is 5.22. The van der Waals surface area contributed by atoms with Crippen molar-refractivity contribution in [3.05, 3.63) is 23.9 Å². The van der Waals surface area contributed by atoms with E-state index in [1.807, 2.05) is 0 Å². The zero-order valence-corrected chi connectivity index (χ0v) is 14.7. The lowest BCUT2D eigenvalue weighted by atomic mass is 10.1. The Hall–Kier alpha value is -1.17. The summed E-state index contributed by atoms with van der Waals surface area (Å²) in [4.78, 5) is 12.4. The first-order valence-electron chi connectivity index (χ1n) is 9.62. The Balaban J connectivity index is 1.28. The fraction of sp³-hybridized carbons (Fsp3) is 0.737. The van der Waals surface area contributed by atoms with Gasteiger partial charge in [-0.2, -0.15) is 0 Å². The molecule has 3 fully saturated rings. The molecule has 0 unspecified atom stereocenters. The molecule has 1 aromatic rings. The van der Waals surface area contributed by atoms with Gasteiger partial charge >= 0.3 is 0 Å². The summed E-state index contributed by atoms with van der Waals surface area (Å²) in [6.45, 7) is 9.92. The summed E-state index contributed by atoms with van der Waals surface area (Å²) in [5.41, 5.74) is 1.35. The van der Waals surface area contributed by atoms with E-state index in [9.17, 15) is 0 Å². The van der Waals surface area contributed by atoms with Gasteiger partial charge in [0.25, 0.3) is 0 Å². The van der Waals surface area contributed by atoms with Gasteiger partial charge in [-0.05, 0) is 50.4 Å². The van der Waals surface area contributed by atoms with E-state index in [-0.39, 0.29) is 0 Å². The van der Waals surface area contributed by atoms with E-state index in [1.54, 1.807) is 0 Å². The van der Waals surface area contributed by atoms with Gasteiger partial charge in [0.15, 0.2) is 0 Å². The molecule has 4 heterocycles. The van der Waals surface area contributed by atoms with Crippen LogP contribution in [0.3, 0.4) is 0 Å². The number of hydrogen-bond acceptors (Lipinski definition) is 5. The minimum absolute atomic E-state index is 0.733. The Morgan fingerprint density at radius 2 is 1.71 bits per heavy atom. The maximum atomic E-state index is 5.49. The first-order valence-corrected chi connectivity index (χ1v) is 9.62. The van der Waals surface area contributed by atoms with E-state index in [4.69, 9.17) is 9.72 Å². The zero-order chi connectivity index (χ0) is 16.2. The predicted octanol–water partition coefficient (Wildman–Crippen LogP) is 1.98. The maximum Gasteiger partial charge on any atom is 0.128 e. The number of pyridine rings is 1. The molecule has 3 aliphatic rings. The van der Waals surface area contributed by atoms with E-state index in [2.05, 4.69) is 33.0 Å². The first-order chi connectivity index (χ1) is 11.9. The lowest BCUT2D eigenvalue weighted by Gasteiger charge is -2.41. The molecule has 5 heteroatoms. The first kappa shape index (κ1) is 16.3. The summed E-state index contributed by atoms with van der Waals surface area (Å²) >= 11 is 0. The SMILES string of the molecule is c1cc(N2CCN(C3CCOCC3)CC2)ncc1CN1CCCC1. The van der Waals surface area contributed by atoms with Gasteiger partial charge in [-0.3, -0.25) is 9.80 Å². The van der Waals surface area contributed by atoms with E-state index in [0.717, 1.165) is 57.8 Å². The maximum absolute atomic E-state index is 5.49. The summed E-state index contributed by atoms with van der Waals surface area (Å²) in [6.07, 6.45) is 7.18. The van der Waals surface area contributed by atoms with Crippen molar-refractivity contribution in [2.75, 3.05) is 57.4 Å². The number of nitrogens with zero attached hydrogens (tertiary/aromatic N) is 4. The second kappa shape index (κ2) is 7.81. The van der Waals surface area contributed by atoms with Gasteiger partial charge in [-0.15, -0.1) is 0 Å². The molecule has 4 rings (SSSR count). The third-order valence-corrected chi connectivity index (χ3v) is 5.76. The molecule has 0 saturated carbocycles. The number of ether oxygens (including phenoxy) is 1. The second-order valence-corrected chi connectivity index (χ2v) is 7.37. The molecule has 24 heavy (non-hydrogen) atoms. The van der Waals surface area contributed by atoms with Crippen LogP contribution in [0.25, 0.3) is 0 Å². The molecule has 0 aromatic carbocycles. The molecule has 1 aromatic heterocycles. The monoisotopic (exact) mass is 330 g/mol. The molecule has 3 saturated heterocycles. The molecule has 0 aliphatic carbocycles. The Labute approximate surface area is 145 Å². The van der Waals surface area contributed by atoms with Crippen molar-refractivity contribution in [1.82, 2.24) is 14.8 Å². The van der Waals surface area contributed by atoms with Gasteiger partial charge in [0, 0.05) is 58.2 Å². The summed E-state index contributed by atoms with van der Waals surface area (Å²) in [7, 11) is 0. The molecular weight excluding hydrogens is 300 g/mol. The van der Waals surface area contributed by atoms with Crippen molar-refractivity contribution in [3.8, 4) is 0 Å². The van der Waals surface area contributed by atoms with Crippen molar-refractivity contribution in [1.29, 1.82) is 0 Å². The Morgan fingerprint density at radius 3 is 2.38 bits per heavy atom. The van der Waals surface area contributed by atoms with Crippen LogP contribution in [-0.2, 0) is 11.3 Å². The van der Waals surface area contributed by atoms with Crippen molar-refractivity contribution >= 4 is 5.82 Å². The third-order valence-electron chi connectivity index (χ3n) is 5.76. The fourth-order valence-corrected chi connectivity index (χ4v) is 4.26. The number of anilines is 1. The number of piperazine rings is 1. The van der Waals surface area contributed by atoms with Crippen molar-refractivity contribution < 1.29 is 4.74 Å². The molecule has 132 valence electrons. The lowest BCUT2D eigenvalue weighted by Crippen LogP contribution is -2.51. The molecule has 0 N–H and O–H groups in total. The van der Waals surface area contributed by atoms with Crippen LogP contribution >= 0.6 is 0 Å². The highest BCUT2D eigenvalue weighted by molar-refractivity contribution is 5.40. The van der Waals surface area contributed by atoms with Gasteiger partial charge in [0.1, 0.15) is 5.82 Å². The Bertz CT molecular complexity index is 501. The average Bonchev–Trinajstić information content (AvgIpc) is 3.16. The standard InChI is InChI=1S/C19H30N4O/c1-2-8-21(7-1)16-17-3-4-19(20-15-17)23-11-9-22(10-12-23)18-5-13-24-14-6-18/h3-4,15,18H,1-2,5-14,16H2. The number of rotatable bonds is 4. The quantitative estimate of drug-likeness (QED) is 0.843. The Morgan fingerprint density at radius 1 is 0.958 bits per heavy atom. The van der Waals surface area contributed by atoms with Crippen molar-refractivity contribution in [2.24, 2.45) is 0 Å². The predicted molar refractivity (Wildman–Crippen MR) is 96.4 cm³/mol. The molecule has 3 aliphatic heterocycles. The van der Waals surface area contributed by atoms with Crippen LogP contribution in [0.5, 0.6) is 0 Å². The molecular formula is C19H30N4O. The summed E-state index contributed by atoms with van der Waals surface area (Å²) in [5, 5.41) is 0. The van der Waals surface area contributed by atoms with Gasteiger partial charge < -0.3 is 9.64 Å². The van der Waals surface area contributed by atoms with Crippen LogP contribution < -0.4 is 4.90 Å². The lowest BCUT2D eigenvalue weighted by molar-refractivity contribution is 0.0321. The molecule has 0 radical (unpaired) electrons. The van der Waals surface area contributed by atoms with Crippen LogP contribution in [0.2, 0.25) is 0 Å². The third kappa shape index (κ3) is 3.90. The van der Waals surface area contributed by atoms with Gasteiger partial charge in [-0.1, -0.05) is 6.07 Å². The van der Waals surface area contributed by atoms with Crippen molar-refractivity contribution in [3.63, 3.8) is 0 Å². The average molecular weight is 330 g/mol. The van der Waals surface area contributed by atoms with E-state index < -0.39 is 0 Å². The molecule has 5 nitrogen and oxygen atoms in total. The van der Waals surface area contributed by atoms with Gasteiger partial charge in [0.2, 0.25) is 0 Å². The fourth-order valence-electron chi connectivity index (χ4n) is 4.26. The van der Waals surface area contributed by atoms with Gasteiger partial charge in [0.05, 0.1) is 0 Å². The van der Waals surface area contributed by atoms with E-state index >= 15 is 0 Å². The smallest absolute Gasteiger partial charge is 0.128 e. The van der Waals surface area contributed by atoms with E-state index in [0.29, 0.717) is 0 Å². The van der Waals surface area contributed by atoms with Crippen LogP contribution in [0, 0.1) is 0 Å². The number of likely N-dealkylation sites (tertiary alicyclic amines) is 1. The highest BCUT2D eigenvalue weighted by Gasteiger charge is 2.25. The summed E-state index contributed by atoms with van der Waals surface area (Å²) in [5.74, 6) is 1.15. The van der Waals surface area contributed by atoms with Crippen LogP contribution in [-0.4, -0.2) is 73.3 Å². The summed E-state index contributed by atoms with van der Waals surface area (Å²) < 4.78 is 5.49. The zero-order valence-electron chi connectivity index (χ0n) is 14.7. The highest BCUT2D eigenvalue weighted by atomic mass is 16.5. The van der Waals surface area contributed by atoms with Crippen LogP contribution in [0.4, 0.5) is 5.82 Å². The minimum Gasteiger partial charge on any atom is -0.381 e. The Kier molecular flexibility index (Phi) is 5.30.